The van der Waals surface area contributed by atoms with Gasteiger partial charge in [0.1, 0.15) is 0 Å². The van der Waals surface area contributed by atoms with Gasteiger partial charge in [-0.3, -0.25) is 9.59 Å². The van der Waals surface area contributed by atoms with Gasteiger partial charge in [-0.25, -0.2) is 0 Å². The SMILES string of the molecule is CC(C)c1ccc([C@H](CC(=O)O)NC(=O)C(F)(F)F)cc1. The molecule has 7 heteroatoms. The summed E-state index contributed by atoms with van der Waals surface area (Å²) in [6, 6.07) is 5.24. The molecule has 1 amide bonds. The minimum Gasteiger partial charge on any atom is -0.481 e. The lowest BCUT2D eigenvalue weighted by Crippen LogP contribution is -2.39. The molecule has 0 aliphatic rings. The number of rotatable bonds is 5. The van der Waals surface area contributed by atoms with E-state index in [4.69, 9.17) is 5.11 Å². The first-order valence-electron chi connectivity index (χ1n) is 6.30. The predicted octanol–water partition coefficient (Wildman–Crippen LogP) is 3.00. The zero-order chi connectivity index (χ0) is 16.2. The summed E-state index contributed by atoms with van der Waals surface area (Å²) in [5, 5.41) is 10.5. The molecule has 2 N–H and O–H groups in total. The third-order valence-electron chi connectivity index (χ3n) is 2.95. The molecule has 0 heterocycles. The molecule has 1 atom stereocenters. The van der Waals surface area contributed by atoms with Gasteiger partial charge in [0.25, 0.3) is 0 Å². The number of hydrogen-bond acceptors (Lipinski definition) is 2. The lowest BCUT2D eigenvalue weighted by molar-refractivity contribution is -0.174. The fourth-order valence-corrected chi connectivity index (χ4v) is 1.78. The Kier molecular flexibility index (Phi) is 5.34. The van der Waals surface area contributed by atoms with E-state index >= 15 is 0 Å². The molecule has 4 nitrogen and oxygen atoms in total. The highest BCUT2D eigenvalue weighted by Crippen LogP contribution is 2.23. The van der Waals surface area contributed by atoms with Gasteiger partial charge in [0, 0.05) is 0 Å². The van der Waals surface area contributed by atoms with Crippen LogP contribution in [0, 0.1) is 0 Å². The number of hydrogen-bond donors (Lipinski definition) is 2. The van der Waals surface area contributed by atoms with Gasteiger partial charge >= 0.3 is 18.1 Å². The van der Waals surface area contributed by atoms with E-state index in [0.717, 1.165) is 5.56 Å². The topological polar surface area (TPSA) is 66.4 Å². The van der Waals surface area contributed by atoms with E-state index in [1.165, 1.54) is 12.1 Å². The third-order valence-corrected chi connectivity index (χ3v) is 2.95. The van der Waals surface area contributed by atoms with Crippen molar-refractivity contribution in [2.45, 2.75) is 38.4 Å². The average molecular weight is 303 g/mol. The summed E-state index contributed by atoms with van der Waals surface area (Å²) >= 11 is 0. The van der Waals surface area contributed by atoms with Crippen molar-refractivity contribution < 1.29 is 27.9 Å². The first-order valence-corrected chi connectivity index (χ1v) is 6.30. The molecular formula is C14H16F3NO3. The summed E-state index contributed by atoms with van der Waals surface area (Å²) in [5.41, 5.74) is 1.29. The van der Waals surface area contributed by atoms with Crippen LogP contribution in [0.15, 0.2) is 24.3 Å². The standard InChI is InChI=1S/C14H16F3NO3/c1-8(2)9-3-5-10(6-4-9)11(7-12(19)20)18-13(21)14(15,16)17/h3-6,8,11H,7H2,1-2H3,(H,18,21)(H,19,20)/t11-/m0/s1. The second kappa shape index (κ2) is 6.60. The van der Waals surface area contributed by atoms with Gasteiger partial charge in [0.15, 0.2) is 0 Å². The van der Waals surface area contributed by atoms with Crippen LogP contribution in [0.1, 0.15) is 43.4 Å². The van der Waals surface area contributed by atoms with E-state index in [-0.39, 0.29) is 5.92 Å². The van der Waals surface area contributed by atoms with Crippen LogP contribution in [0.4, 0.5) is 13.2 Å². The first kappa shape index (κ1) is 17.0. The van der Waals surface area contributed by atoms with Crippen molar-refractivity contribution in [2.75, 3.05) is 0 Å². The molecule has 0 aromatic heterocycles. The Hall–Kier alpha value is -2.05. The Morgan fingerprint density at radius 2 is 1.62 bits per heavy atom. The highest BCUT2D eigenvalue weighted by molar-refractivity contribution is 5.82. The zero-order valence-corrected chi connectivity index (χ0v) is 11.6. The number of aliphatic carboxylic acids is 1. The molecular weight excluding hydrogens is 287 g/mol. The van der Waals surface area contributed by atoms with Crippen molar-refractivity contribution >= 4 is 11.9 Å². The second-order valence-corrected chi connectivity index (χ2v) is 4.94. The van der Waals surface area contributed by atoms with E-state index in [2.05, 4.69) is 0 Å². The maximum atomic E-state index is 12.3. The Morgan fingerprint density at radius 1 is 1.14 bits per heavy atom. The number of nitrogens with one attached hydrogen (secondary N) is 1. The summed E-state index contributed by atoms with van der Waals surface area (Å²) < 4.78 is 36.8. The van der Waals surface area contributed by atoms with E-state index in [0.29, 0.717) is 5.56 Å². The van der Waals surface area contributed by atoms with Crippen LogP contribution in [0.25, 0.3) is 0 Å². The monoisotopic (exact) mass is 303 g/mol. The van der Waals surface area contributed by atoms with Crippen molar-refractivity contribution in [1.82, 2.24) is 5.32 Å². The van der Waals surface area contributed by atoms with Crippen molar-refractivity contribution in [1.29, 1.82) is 0 Å². The zero-order valence-electron chi connectivity index (χ0n) is 11.6. The summed E-state index contributed by atoms with van der Waals surface area (Å²) in [4.78, 5) is 21.7. The molecule has 116 valence electrons. The molecule has 1 aromatic rings. The summed E-state index contributed by atoms with van der Waals surface area (Å²) in [6.45, 7) is 3.91. The average Bonchev–Trinajstić information content (AvgIpc) is 2.36. The van der Waals surface area contributed by atoms with Gasteiger partial charge in [0.2, 0.25) is 0 Å². The molecule has 0 radical (unpaired) electrons. The Balaban J connectivity index is 2.97. The van der Waals surface area contributed by atoms with Crippen LogP contribution in [-0.2, 0) is 9.59 Å². The number of amides is 1. The summed E-state index contributed by atoms with van der Waals surface area (Å²) in [5.74, 6) is -3.21. The minimum atomic E-state index is -5.05. The largest absolute Gasteiger partial charge is 0.481 e. The van der Waals surface area contributed by atoms with Crippen LogP contribution < -0.4 is 5.32 Å². The molecule has 1 rings (SSSR count). The van der Waals surface area contributed by atoms with Crippen LogP contribution in [0.2, 0.25) is 0 Å². The molecule has 0 aliphatic heterocycles. The molecule has 1 aromatic carbocycles. The molecule has 0 aliphatic carbocycles. The molecule has 0 fully saturated rings. The minimum absolute atomic E-state index is 0.238. The normalized spacial score (nSPS) is 13.0. The number of carbonyl (C=O) groups excluding carboxylic acids is 1. The molecule has 0 bridgehead atoms. The Morgan fingerprint density at radius 3 is 2.00 bits per heavy atom. The molecule has 0 saturated heterocycles. The van der Waals surface area contributed by atoms with Gasteiger partial charge in [0.05, 0.1) is 12.5 Å². The van der Waals surface area contributed by atoms with E-state index in [9.17, 15) is 22.8 Å². The molecule has 0 spiro atoms. The first-order chi connectivity index (χ1) is 9.61. The predicted molar refractivity (Wildman–Crippen MR) is 69.7 cm³/mol. The van der Waals surface area contributed by atoms with Crippen molar-refractivity contribution in [2.24, 2.45) is 0 Å². The maximum Gasteiger partial charge on any atom is 0.471 e. The summed E-state index contributed by atoms with van der Waals surface area (Å²) in [6.07, 6.45) is -5.67. The molecule has 0 saturated carbocycles. The number of carboxylic acid groups (broad SMARTS) is 1. The lowest BCUT2D eigenvalue weighted by Gasteiger charge is -2.19. The Bertz CT molecular complexity index is 509. The Labute approximate surface area is 120 Å². The van der Waals surface area contributed by atoms with Crippen molar-refractivity contribution in [3.63, 3.8) is 0 Å². The fraction of sp³-hybridized carbons (Fsp3) is 0.429. The number of benzene rings is 1. The van der Waals surface area contributed by atoms with Crippen molar-refractivity contribution in [3.8, 4) is 0 Å². The van der Waals surface area contributed by atoms with E-state index in [1.54, 1.807) is 17.4 Å². The van der Waals surface area contributed by atoms with Gasteiger partial charge in [-0.1, -0.05) is 38.1 Å². The third kappa shape index (κ3) is 5.09. The van der Waals surface area contributed by atoms with Crippen LogP contribution in [0.3, 0.4) is 0 Å². The summed E-state index contributed by atoms with van der Waals surface area (Å²) in [7, 11) is 0. The number of halogens is 3. The highest BCUT2D eigenvalue weighted by Gasteiger charge is 2.40. The number of carbonyl (C=O) groups is 2. The smallest absolute Gasteiger partial charge is 0.471 e. The van der Waals surface area contributed by atoms with Crippen molar-refractivity contribution in [3.05, 3.63) is 35.4 Å². The van der Waals surface area contributed by atoms with Gasteiger partial charge in [-0.05, 0) is 17.0 Å². The van der Waals surface area contributed by atoms with E-state index < -0.39 is 30.5 Å². The highest BCUT2D eigenvalue weighted by atomic mass is 19.4. The number of alkyl halides is 3. The lowest BCUT2D eigenvalue weighted by atomic mass is 9.97. The fourth-order valence-electron chi connectivity index (χ4n) is 1.78. The van der Waals surface area contributed by atoms with Crippen LogP contribution in [0.5, 0.6) is 0 Å². The second-order valence-electron chi connectivity index (χ2n) is 4.94. The van der Waals surface area contributed by atoms with Gasteiger partial charge in [-0.15, -0.1) is 0 Å². The quantitative estimate of drug-likeness (QED) is 0.878. The van der Waals surface area contributed by atoms with Crippen LogP contribution >= 0.6 is 0 Å². The maximum absolute atomic E-state index is 12.3. The van der Waals surface area contributed by atoms with Crippen LogP contribution in [-0.4, -0.2) is 23.2 Å². The van der Waals surface area contributed by atoms with E-state index in [1.807, 2.05) is 13.8 Å². The van der Waals surface area contributed by atoms with Gasteiger partial charge < -0.3 is 10.4 Å². The number of carboxylic acids is 1. The molecule has 21 heavy (non-hydrogen) atoms. The van der Waals surface area contributed by atoms with Gasteiger partial charge in [-0.2, -0.15) is 13.2 Å². The molecule has 0 unspecified atom stereocenters.